The van der Waals surface area contributed by atoms with Crippen molar-refractivity contribution in [1.29, 1.82) is 0 Å². The first-order valence-corrected chi connectivity index (χ1v) is 8.33. The Bertz CT molecular complexity index is 333. The van der Waals surface area contributed by atoms with Gasteiger partial charge in [0, 0.05) is 26.1 Å². The standard InChI is InChI=1S/C16H31N3O2/c1-4-16(10-8-11-16)13-19-15(17-5-2)18-12-7-9-14(20)21-6-3/h4-13H2,1-3H3,(H2,17,18,19). The second-order valence-electron chi connectivity index (χ2n) is 5.74. The van der Waals surface area contributed by atoms with Crippen molar-refractivity contribution < 1.29 is 9.53 Å². The topological polar surface area (TPSA) is 62.7 Å². The summed E-state index contributed by atoms with van der Waals surface area (Å²) < 4.78 is 4.91. The summed E-state index contributed by atoms with van der Waals surface area (Å²) in [7, 11) is 0. The molecule has 21 heavy (non-hydrogen) atoms. The van der Waals surface area contributed by atoms with Crippen molar-refractivity contribution in [2.24, 2.45) is 10.4 Å². The third-order valence-corrected chi connectivity index (χ3v) is 4.24. The third kappa shape index (κ3) is 6.36. The molecule has 1 rings (SSSR count). The SMILES string of the molecule is CCNC(=NCC1(CC)CCC1)NCCCC(=O)OCC. The van der Waals surface area contributed by atoms with E-state index < -0.39 is 0 Å². The van der Waals surface area contributed by atoms with Crippen LogP contribution in [0.1, 0.15) is 59.3 Å². The van der Waals surface area contributed by atoms with E-state index in [4.69, 9.17) is 9.73 Å². The Morgan fingerprint density at radius 2 is 2.00 bits per heavy atom. The summed E-state index contributed by atoms with van der Waals surface area (Å²) in [6.07, 6.45) is 6.37. The molecule has 1 saturated carbocycles. The van der Waals surface area contributed by atoms with Gasteiger partial charge in [0.05, 0.1) is 6.61 Å². The third-order valence-electron chi connectivity index (χ3n) is 4.24. The van der Waals surface area contributed by atoms with Crippen molar-refractivity contribution >= 4 is 11.9 Å². The number of nitrogens with zero attached hydrogens (tertiary/aromatic N) is 1. The number of hydrogen-bond donors (Lipinski definition) is 2. The molecule has 122 valence electrons. The van der Waals surface area contributed by atoms with Gasteiger partial charge < -0.3 is 15.4 Å². The summed E-state index contributed by atoms with van der Waals surface area (Å²) in [5.74, 6) is 0.738. The molecule has 0 bridgehead atoms. The van der Waals surface area contributed by atoms with Crippen molar-refractivity contribution in [3.8, 4) is 0 Å². The first-order valence-electron chi connectivity index (χ1n) is 8.33. The largest absolute Gasteiger partial charge is 0.466 e. The van der Waals surface area contributed by atoms with E-state index in [0.29, 0.717) is 18.4 Å². The Kier molecular flexibility index (Phi) is 8.16. The lowest BCUT2D eigenvalue weighted by atomic mass is 9.67. The number of nitrogens with one attached hydrogen (secondary N) is 2. The predicted octanol–water partition coefficient (Wildman–Crippen LogP) is 2.47. The highest BCUT2D eigenvalue weighted by Gasteiger charge is 2.34. The molecule has 0 aromatic carbocycles. The molecule has 0 atom stereocenters. The van der Waals surface area contributed by atoms with E-state index in [0.717, 1.165) is 32.0 Å². The molecule has 0 saturated heterocycles. The van der Waals surface area contributed by atoms with Crippen molar-refractivity contribution in [1.82, 2.24) is 10.6 Å². The van der Waals surface area contributed by atoms with Crippen LogP contribution in [0.15, 0.2) is 4.99 Å². The fourth-order valence-electron chi connectivity index (χ4n) is 2.56. The van der Waals surface area contributed by atoms with Crippen LogP contribution < -0.4 is 10.6 Å². The number of carbonyl (C=O) groups excluding carboxylic acids is 1. The summed E-state index contributed by atoms with van der Waals surface area (Å²) in [6, 6.07) is 0. The van der Waals surface area contributed by atoms with Crippen LogP contribution in [0.3, 0.4) is 0 Å². The maximum absolute atomic E-state index is 11.3. The van der Waals surface area contributed by atoms with Gasteiger partial charge in [-0.05, 0) is 44.9 Å². The Morgan fingerprint density at radius 1 is 1.24 bits per heavy atom. The zero-order valence-electron chi connectivity index (χ0n) is 13.8. The molecule has 0 aromatic heterocycles. The van der Waals surface area contributed by atoms with Crippen molar-refractivity contribution in [2.45, 2.75) is 59.3 Å². The second-order valence-corrected chi connectivity index (χ2v) is 5.74. The number of carbonyl (C=O) groups is 1. The summed E-state index contributed by atoms with van der Waals surface area (Å²) in [4.78, 5) is 16.0. The maximum atomic E-state index is 11.3. The monoisotopic (exact) mass is 297 g/mol. The quantitative estimate of drug-likeness (QED) is 0.297. The molecule has 5 nitrogen and oxygen atoms in total. The number of aliphatic imine (C=N–C) groups is 1. The summed E-state index contributed by atoms with van der Waals surface area (Å²) in [5, 5.41) is 6.56. The number of ether oxygens (including phenoxy) is 1. The lowest BCUT2D eigenvalue weighted by Gasteiger charge is -2.40. The average molecular weight is 297 g/mol. The molecule has 1 aliphatic rings. The summed E-state index contributed by atoms with van der Waals surface area (Å²) >= 11 is 0. The van der Waals surface area contributed by atoms with Gasteiger partial charge in [0.2, 0.25) is 0 Å². The second kappa shape index (κ2) is 9.64. The van der Waals surface area contributed by atoms with Crippen molar-refractivity contribution in [3.05, 3.63) is 0 Å². The van der Waals surface area contributed by atoms with Gasteiger partial charge in [-0.3, -0.25) is 9.79 Å². The van der Waals surface area contributed by atoms with Gasteiger partial charge in [0.25, 0.3) is 0 Å². The van der Waals surface area contributed by atoms with E-state index in [-0.39, 0.29) is 5.97 Å². The van der Waals surface area contributed by atoms with Gasteiger partial charge in [-0.15, -0.1) is 0 Å². The first-order chi connectivity index (χ1) is 10.2. The lowest BCUT2D eigenvalue weighted by molar-refractivity contribution is -0.143. The minimum Gasteiger partial charge on any atom is -0.466 e. The highest BCUT2D eigenvalue weighted by atomic mass is 16.5. The highest BCUT2D eigenvalue weighted by Crippen LogP contribution is 2.43. The minimum absolute atomic E-state index is 0.124. The molecular weight excluding hydrogens is 266 g/mol. The number of guanidine groups is 1. The lowest BCUT2D eigenvalue weighted by Crippen LogP contribution is -2.40. The van der Waals surface area contributed by atoms with Crippen molar-refractivity contribution in [2.75, 3.05) is 26.2 Å². The van der Waals surface area contributed by atoms with Crippen LogP contribution in [0.5, 0.6) is 0 Å². The van der Waals surface area contributed by atoms with Gasteiger partial charge in [0.1, 0.15) is 0 Å². The van der Waals surface area contributed by atoms with E-state index in [1.165, 1.54) is 25.7 Å². The van der Waals surface area contributed by atoms with E-state index in [9.17, 15) is 4.79 Å². The summed E-state index contributed by atoms with van der Waals surface area (Å²) in [6.45, 7) is 9.10. The normalized spacial score (nSPS) is 17.0. The zero-order valence-corrected chi connectivity index (χ0v) is 13.8. The van der Waals surface area contributed by atoms with Gasteiger partial charge in [0.15, 0.2) is 5.96 Å². The number of esters is 1. The van der Waals surface area contributed by atoms with Gasteiger partial charge in [-0.25, -0.2) is 0 Å². The number of hydrogen-bond acceptors (Lipinski definition) is 3. The fourth-order valence-corrected chi connectivity index (χ4v) is 2.56. The molecule has 1 aliphatic carbocycles. The Morgan fingerprint density at radius 3 is 2.52 bits per heavy atom. The van der Waals surface area contributed by atoms with Gasteiger partial charge in [-0.2, -0.15) is 0 Å². The molecule has 1 fully saturated rings. The molecule has 0 amide bonds. The van der Waals surface area contributed by atoms with Crippen LogP contribution in [0.2, 0.25) is 0 Å². The molecule has 2 N–H and O–H groups in total. The molecule has 0 spiro atoms. The molecule has 0 unspecified atom stereocenters. The van der Waals surface area contributed by atoms with Crippen LogP contribution in [-0.4, -0.2) is 38.2 Å². The molecule has 0 radical (unpaired) electrons. The fraction of sp³-hybridized carbons (Fsp3) is 0.875. The first kappa shape index (κ1) is 17.8. The van der Waals surface area contributed by atoms with Crippen molar-refractivity contribution in [3.63, 3.8) is 0 Å². The molecule has 0 aromatic rings. The Balaban J connectivity index is 2.30. The predicted molar refractivity (Wildman–Crippen MR) is 86.4 cm³/mol. The molecule has 5 heteroatoms. The van der Waals surface area contributed by atoms with E-state index in [1.54, 1.807) is 0 Å². The molecular formula is C16H31N3O2. The number of rotatable bonds is 9. The van der Waals surface area contributed by atoms with E-state index in [1.807, 2.05) is 6.92 Å². The van der Waals surface area contributed by atoms with E-state index >= 15 is 0 Å². The van der Waals surface area contributed by atoms with E-state index in [2.05, 4.69) is 24.5 Å². The van der Waals surface area contributed by atoms with Crippen LogP contribution in [0.25, 0.3) is 0 Å². The Labute approximate surface area is 128 Å². The highest BCUT2D eigenvalue weighted by molar-refractivity contribution is 5.79. The van der Waals surface area contributed by atoms with Gasteiger partial charge in [-0.1, -0.05) is 13.3 Å². The van der Waals surface area contributed by atoms with Crippen LogP contribution in [-0.2, 0) is 9.53 Å². The molecule has 0 heterocycles. The average Bonchev–Trinajstić information content (AvgIpc) is 2.43. The van der Waals surface area contributed by atoms with Crippen LogP contribution >= 0.6 is 0 Å². The van der Waals surface area contributed by atoms with Gasteiger partial charge >= 0.3 is 5.97 Å². The maximum Gasteiger partial charge on any atom is 0.305 e. The zero-order chi connectivity index (χ0) is 15.6. The summed E-state index contributed by atoms with van der Waals surface area (Å²) in [5.41, 5.74) is 0.438. The smallest absolute Gasteiger partial charge is 0.305 e. The van der Waals surface area contributed by atoms with Crippen LogP contribution in [0, 0.1) is 5.41 Å². The van der Waals surface area contributed by atoms with Crippen LogP contribution in [0.4, 0.5) is 0 Å². The Hall–Kier alpha value is -1.26. The molecule has 0 aliphatic heterocycles. The minimum atomic E-state index is -0.124.